The van der Waals surface area contributed by atoms with Crippen molar-refractivity contribution < 1.29 is 13.2 Å². The molecule has 0 aromatic heterocycles. The number of carbonyl (C=O) groups is 1. The van der Waals surface area contributed by atoms with Crippen molar-refractivity contribution in [2.45, 2.75) is 17.7 Å². The Kier molecular flexibility index (Phi) is 3.96. The highest BCUT2D eigenvalue weighted by Crippen LogP contribution is 2.28. The van der Waals surface area contributed by atoms with E-state index in [-0.39, 0.29) is 41.6 Å². The van der Waals surface area contributed by atoms with Gasteiger partial charge in [0.25, 0.3) is 0 Å². The van der Waals surface area contributed by atoms with Crippen LogP contribution >= 0.6 is 23.2 Å². The Balaban J connectivity index is 2.36. The molecule has 1 saturated heterocycles. The first-order valence-electron chi connectivity index (χ1n) is 5.38. The molecule has 0 aliphatic carbocycles. The summed E-state index contributed by atoms with van der Waals surface area (Å²) >= 11 is 11.7. The molecule has 0 N–H and O–H groups in total. The Morgan fingerprint density at radius 1 is 1.11 bits per heavy atom. The minimum absolute atomic E-state index is 0.00832. The Morgan fingerprint density at radius 3 is 2.33 bits per heavy atom. The largest absolute Gasteiger partial charge is 0.300 e. The topological polar surface area (TPSA) is 54.5 Å². The summed E-state index contributed by atoms with van der Waals surface area (Å²) < 4.78 is 25.9. The van der Waals surface area contributed by atoms with Crippen LogP contribution < -0.4 is 0 Å². The van der Waals surface area contributed by atoms with Gasteiger partial charge in [-0.1, -0.05) is 23.2 Å². The third kappa shape index (κ3) is 2.69. The second-order valence-corrected chi connectivity index (χ2v) is 6.77. The molecule has 0 saturated carbocycles. The molecule has 0 atom stereocenters. The van der Waals surface area contributed by atoms with Crippen molar-refractivity contribution in [3.63, 3.8) is 0 Å². The SMILES string of the molecule is O=C1CCN(S(=O)(=O)c2cc(Cl)ccc2Cl)CC1. The molecule has 0 unspecified atom stereocenters. The Labute approximate surface area is 116 Å². The van der Waals surface area contributed by atoms with E-state index in [0.29, 0.717) is 5.02 Å². The zero-order valence-corrected chi connectivity index (χ0v) is 11.7. The molecule has 4 nitrogen and oxygen atoms in total. The van der Waals surface area contributed by atoms with Crippen molar-refractivity contribution in [2.24, 2.45) is 0 Å². The van der Waals surface area contributed by atoms with Crippen molar-refractivity contribution in [3.05, 3.63) is 28.2 Å². The minimum atomic E-state index is -3.67. The molecule has 7 heteroatoms. The van der Waals surface area contributed by atoms with Crippen LogP contribution in [0.2, 0.25) is 10.0 Å². The molecule has 1 aliphatic rings. The summed E-state index contributed by atoms with van der Waals surface area (Å²) in [6, 6.07) is 4.31. The molecule has 98 valence electrons. The first-order chi connectivity index (χ1) is 8.41. The van der Waals surface area contributed by atoms with E-state index in [1.807, 2.05) is 0 Å². The Morgan fingerprint density at radius 2 is 1.72 bits per heavy atom. The van der Waals surface area contributed by atoms with Crippen molar-refractivity contribution in [1.82, 2.24) is 4.31 Å². The fourth-order valence-corrected chi connectivity index (χ4v) is 3.97. The quantitative estimate of drug-likeness (QED) is 0.842. The number of rotatable bonds is 2. The van der Waals surface area contributed by atoms with Crippen LogP contribution in [0.3, 0.4) is 0 Å². The van der Waals surface area contributed by atoms with E-state index >= 15 is 0 Å². The molecule has 1 aromatic carbocycles. The fraction of sp³-hybridized carbons (Fsp3) is 0.364. The zero-order valence-electron chi connectivity index (χ0n) is 9.40. The van der Waals surface area contributed by atoms with E-state index in [0.717, 1.165) is 0 Å². The maximum absolute atomic E-state index is 12.3. The Hall–Kier alpha value is -0.620. The lowest BCUT2D eigenvalue weighted by Crippen LogP contribution is -2.38. The molecular formula is C11H11Cl2NO3S. The van der Waals surface area contributed by atoms with Crippen LogP contribution in [-0.4, -0.2) is 31.6 Å². The predicted octanol–water partition coefficient (Wildman–Crippen LogP) is 2.35. The standard InChI is InChI=1S/C11H11Cl2NO3S/c12-8-1-2-10(13)11(7-8)18(16,17)14-5-3-9(15)4-6-14/h1-2,7H,3-6H2. The van der Waals surface area contributed by atoms with Gasteiger partial charge in [0.15, 0.2) is 0 Å². The van der Waals surface area contributed by atoms with Crippen LogP contribution in [0.25, 0.3) is 0 Å². The fourth-order valence-electron chi connectivity index (χ4n) is 1.79. The highest BCUT2D eigenvalue weighted by Gasteiger charge is 2.30. The van der Waals surface area contributed by atoms with E-state index in [4.69, 9.17) is 23.2 Å². The van der Waals surface area contributed by atoms with Crippen molar-refractivity contribution in [3.8, 4) is 0 Å². The zero-order chi connectivity index (χ0) is 13.3. The van der Waals surface area contributed by atoms with Crippen molar-refractivity contribution in [1.29, 1.82) is 0 Å². The summed E-state index contributed by atoms with van der Waals surface area (Å²) in [4.78, 5) is 11.1. The number of sulfonamides is 1. The van der Waals surface area contributed by atoms with Gasteiger partial charge < -0.3 is 0 Å². The van der Waals surface area contributed by atoms with Gasteiger partial charge in [-0.15, -0.1) is 0 Å². The molecule has 1 aliphatic heterocycles. The lowest BCUT2D eigenvalue weighted by Gasteiger charge is -2.25. The number of halogens is 2. The van der Waals surface area contributed by atoms with Gasteiger partial charge in [0.2, 0.25) is 10.0 Å². The lowest BCUT2D eigenvalue weighted by atomic mass is 10.1. The van der Waals surface area contributed by atoms with E-state index < -0.39 is 10.0 Å². The number of hydrogen-bond donors (Lipinski definition) is 0. The van der Waals surface area contributed by atoms with Crippen LogP contribution in [0.5, 0.6) is 0 Å². The highest BCUT2D eigenvalue weighted by molar-refractivity contribution is 7.89. The van der Waals surface area contributed by atoms with Crippen LogP contribution in [0, 0.1) is 0 Å². The van der Waals surface area contributed by atoms with Gasteiger partial charge in [-0.3, -0.25) is 4.79 Å². The first kappa shape index (κ1) is 13.8. The number of Topliss-reactive ketones (excluding diaryl/α,β-unsaturated/α-hetero) is 1. The van der Waals surface area contributed by atoms with Crippen LogP contribution in [0.1, 0.15) is 12.8 Å². The molecule has 0 spiro atoms. The number of benzene rings is 1. The van der Waals surface area contributed by atoms with Gasteiger partial charge in [0, 0.05) is 31.0 Å². The third-order valence-electron chi connectivity index (χ3n) is 2.79. The second-order valence-electron chi connectivity index (χ2n) is 4.02. The summed E-state index contributed by atoms with van der Waals surface area (Å²) in [6.07, 6.45) is 0.495. The number of carbonyl (C=O) groups excluding carboxylic acids is 1. The molecule has 1 aromatic rings. The summed E-state index contributed by atoms with van der Waals surface area (Å²) in [5.74, 6) is 0.0821. The van der Waals surface area contributed by atoms with Crippen molar-refractivity contribution >= 4 is 39.0 Å². The van der Waals surface area contributed by atoms with E-state index in [1.54, 1.807) is 0 Å². The second kappa shape index (κ2) is 5.17. The van der Waals surface area contributed by atoms with Crippen LogP contribution in [0.4, 0.5) is 0 Å². The maximum atomic E-state index is 12.3. The van der Waals surface area contributed by atoms with Crippen LogP contribution in [0.15, 0.2) is 23.1 Å². The average Bonchev–Trinajstić information content (AvgIpc) is 2.32. The van der Waals surface area contributed by atoms with Crippen molar-refractivity contribution in [2.75, 3.05) is 13.1 Å². The van der Waals surface area contributed by atoms with Gasteiger partial charge in [0.1, 0.15) is 10.7 Å². The van der Waals surface area contributed by atoms with E-state index in [1.165, 1.54) is 22.5 Å². The molecule has 2 rings (SSSR count). The van der Waals surface area contributed by atoms with Gasteiger partial charge in [-0.2, -0.15) is 4.31 Å². The smallest absolute Gasteiger partial charge is 0.244 e. The molecular weight excluding hydrogens is 297 g/mol. The van der Waals surface area contributed by atoms with Gasteiger partial charge in [-0.05, 0) is 18.2 Å². The maximum Gasteiger partial charge on any atom is 0.244 e. The number of hydrogen-bond acceptors (Lipinski definition) is 3. The van der Waals surface area contributed by atoms with Crippen LogP contribution in [-0.2, 0) is 14.8 Å². The molecule has 0 radical (unpaired) electrons. The summed E-state index contributed by atoms with van der Waals surface area (Å²) in [5, 5.41) is 0.447. The minimum Gasteiger partial charge on any atom is -0.300 e. The van der Waals surface area contributed by atoms with E-state index in [9.17, 15) is 13.2 Å². The molecule has 1 heterocycles. The highest BCUT2D eigenvalue weighted by atomic mass is 35.5. The van der Waals surface area contributed by atoms with E-state index in [2.05, 4.69) is 0 Å². The lowest BCUT2D eigenvalue weighted by molar-refractivity contribution is -0.120. The Bertz CT molecular complexity index is 576. The molecule has 1 fully saturated rings. The van der Waals surface area contributed by atoms with Gasteiger partial charge in [-0.25, -0.2) is 8.42 Å². The number of nitrogens with zero attached hydrogens (tertiary/aromatic N) is 1. The third-order valence-corrected chi connectivity index (χ3v) is 5.41. The van der Waals surface area contributed by atoms with Gasteiger partial charge >= 0.3 is 0 Å². The average molecular weight is 308 g/mol. The monoisotopic (exact) mass is 307 g/mol. The summed E-state index contributed by atoms with van der Waals surface area (Å²) in [6.45, 7) is 0.397. The predicted molar refractivity (Wildman–Crippen MR) is 69.5 cm³/mol. The summed E-state index contributed by atoms with van der Waals surface area (Å²) in [5.41, 5.74) is 0. The molecule has 18 heavy (non-hydrogen) atoms. The van der Waals surface area contributed by atoms with Gasteiger partial charge in [0.05, 0.1) is 5.02 Å². The molecule has 0 amide bonds. The molecule has 0 bridgehead atoms. The first-order valence-corrected chi connectivity index (χ1v) is 7.58. The normalized spacial score (nSPS) is 18.0. The summed E-state index contributed by atoms with van der Waals surface area (Å²) in [7, 11) is -3.67. The number of piperidine rings is 1. The number of ketones is 1.